The second-order valence-corrected chi connectivity index (χ2v) is 3.43. The first-order chi connectivity index (χ1) is 6.07. The van der Waals surface area contributed by atoms with Crippen LogP contribution in [0, 0.1) is 5.82 Å². The number of halogens is 3. The third kappa shape index (κ3) is 2.11. The summed E-state index contributed by atoms with van der Waals surface area (Å²) in [7, 11) is 0. The summed E-state index contributed by atoms with van der Waals surface area (Å²) in [4.78, 5) is 0. The molecule has 13 heavy (non-hydrogen) atoms. The number of benzene rings is 1. The van der Waals surface area contributed by atoms with E-state index in [0.29, 0.717) is 10.6 Å². The third-order valence-corrected chi connectivity index (χ3v) is 2.48. The zero-order valence-electron chi connectivity index (χ0n) is 6.94. The van der Waals surface area contributed by atoms with Crippen molar-refractivity contribution >= 4 is 23.2 Å². The number of hydrogen-bond donors (Lipinski definition) is 2. The van der Waals surface area contributed by atoms with E-state index in [1.54, 1.807) is 6.92 Å². The Hall–Kier alpha value is -0.350. The average Bonchev–Trinajstić information content (AvgIpc) is 2.12. The van der Waals surface area contributed by atoms with Gasteiger partial charge in [0.05, 0.1) is 5.02 Å². The summed E-state index contributed by atoms with van der Waals surface area (Å²) in [5, 5.41) is 0.412. The Bertz CT molecular complexity index is 317. The Morgan fingerprint density at radius 1 is 1.46 bits per heavy atom. The van der Waals surface area contributed by atoms with Gasteiger partial charge >= 0.3 is 0 Å². The molecule has 0 radical (unpaired) electrons. The number of nitrogens with two attached hydrogens (primary N) is 1. The molecule has 0 heterocycles. The van der Waals surface area contributed by atoms with Crippen LogP contribution in [0.2, 0.25) is 10.0 Å². The predicted octanol–water partition coefficient (Wildman–Crippen LogP) is 2.66. The fourth-order valence-corrected chi connectivity index (χ4v) is 1.72. The van der Waals surface area contributed by atoms with Crippen molar-refractivity contribution in [2.45, 2.75) is 13.0 Å². The van der Waals surface area contributed by atoms with Crippen LogP contribution in [0.1, 0.15) is 18.5 Å². The van der Waals surface area contributed by atoms with Gasteiger partial charge in [0.1, 0.15) is 5.82 Å². The van der Waals surface area contributed by atoms with Crippen LogP contribution in [0.5, 0.6) is 0 Å². The van der Waals surface area contributed by atoms with Crippen LogP contribution in [0.3, 0.4) is 0 Å². The molecule has 3 N–H and O–H groups in total. The Morgan fingerprint density at radius 3 is 2.62 bits per heavy atom. The smallest absolute Gasteiger partial charge is 0.142 e. The van der Waals surface area contributed by atoms with Crippen molar-refractivity contribution in [3.05, 3.63) is 33.6 Å². The highest BCUT2D eigenvalue weighted by Crippen LogP contribution is 2.31. The van der Waals surface area contributed by atoms with Gasteiger partial charge in [0.15, 0.2) is 0 Å². The van der Waals surface area contributed by atoms with Gasteiger partial charge in [-0.3, -0.25) is 11.3 Å². The first-order valence-corrected chi connectivity index (χ1v) is 4.43. The van der Waals surface area contributed by atoms with Gasteiger partial charge in [0, 0.05) is 16.6 Å². The summed E-state index contributed by atoms with van der Waals surface area (Å²) in [6, 6.07) is 2.39. The third-order valence-electron chi connectivity index (χ3n) is 1.76. The highest BCUT2D eigenvalue weighted by atomic mass is 35.5. The average molecular weight is 223 g/mol. The van der Waals surface area contributed by atoms with Gasteiger partial charge in [-0.25, -0.2) is 4.39 Å². The summed E-state index contributed by atoms with van der Waals surface area (Å²) in [6.07, 6.45) is 0. The van der Waals surface area contributed by atoms with E-state index < -0.39 is 5.82 Å². The minimum atomic E-state index is -0.497. The van der Waals surface area contributed by atoms with Crippen molar-refractivity contribution in [3.8, 4) is 0 Å². The number of hydrazine groups is 1. The van der Waals surface area contributed by atoms with Gasteiger partial charge in [-0.15, -0.1) is 0 Å². The van der Waals surface area contributed by atoms with Gasteiger partial charge in [0.2, 0.25) is 0 Å². The summed E-state index contributed by atoms with van der Waals surface area (Å²) >= 11 is 11.5. The van der Waals surface area contributed by atoms with Crippen molar-refractivity contribution in [2.75, 3.05) is 0 Å². The van der Waals surface area contributed by atoms with E-state index in [1.165, 1.54) is 12.1 Å². The van der Waals surface area contributed by atoms with E-state index >= 15 is 0 Å². The largest absolute Gasteiger partial charge is 0.271 e. The summed E-state index contributed by atoms with van der Waals surface area (Å²) in [6.45, 7) is 1.74. The van der Waals surface area contributed by atoms with E-state index in [9.17, 15) is 4.39 Å². The topological polar surface area (TPSA) is 38.0 Å². The first kappa shape index (κ1) is 10.7. The molecular formula is C8H9Cl2FN2. The monoisotopic (exact) mass is 222 g/mol. The van der Waals surface area contributed by atoms with E-state index in [1.807, 2.05) is 0 Å². The minimum absolute atomic E-state index is 0.0120. The highest BCUT2D eigenvalue weighted by molar-refractivity contribution is 6.36. The van der Waals surface area contributed by atoms with Crippen LogP contribution in [0.4, 0.5) is 4.39 Å². The summed E-state index contributed by atoms with van der Waals surface area (Å²) in [5.41, 5.74) is 2.93. The van der Waals surface area contributed by atoms with Gasteiger partial charge in [-0.2, -0.15) is 0 Å². The van der Waals surface area contributed by atoms with Crippen LogP contribution in [-0.2, 0) is 0 Å². The van der Waals surface area contributed by atoms with Crippen LogP contribution >= 0.6 is 23.2 Å². The van der Waals surface area contributed by atoms with Crippen LogP contribution in [0.25, 0.3) is 0 Å². The molecule has 0 aliphatic carbocycles. The summed E-state index contributed by atoms with van der Waals surface area (Å²) < 4.78 is 13.0. The van der Waals surface area contributed by atoms with E-state index in [2.05, 4.69) is 5.43 Å². The molecule has 0 amide bonds. The summed E-state index contributed by atoms with van der Waals surface area (Å²) in [5.74, 6) is 4.71. The van der Waals surface area contributed by atoms with Crippen molar-refractivity contribution in [2.24, 2.45) is 5.84 Å². The number of nitrogens with one attached hydrogen (secondary N) is 1. The molecule has 0 aromatic heterocycles. The van der Waals surface area contributed by atoms with Gasteiger partial charge < -0.3 is 0 Å². The van der Waals surface area contributed by atoms with Crippen LogP contribution in [-0.4, -0.2) is 0 Å². The normalized spacial score (nSPS) is 13.0. The second kappa shape index (κ2) is 4.24. The molecule has 0 saturated heterocycles. The molecule has 0 spiro atoms. The number of hydrogen-bond acceptors (Lipinski definition) is 2. The SMILES string of the molecule is C[C@H](NN)c1c(Cl)ccc(F)c1Cl. The van der Waals surface area contributed by atoms with Crippen molar-refractivity contribution in [1.29, 1.82) is 0 Å². The molecule has 0 saturated carbocycles. The van der Waals surface area contributed by atoms with Gasteiger partial charge in [-0.1, -0.05) is 23.2 Å². The fourth-order valence-electron chi connectivity index (χ4n) is 1.02. The lowest BCUT2D eigenvalue weighted by molar-refractivity contribution is 0.586. The quantitative estimate of drug-likeness (QED) is 0.459. The highest BCUT2D eigenvalue weighted by Gasteiger charge is 2.15. The Balaban J connectivity index is 3.25. The van der Waals surface area contributed by atoms with Crippen molar-refractivity contribution in [1.82, 2.24) is 5.43 Å². The fraction of sp³-hybridized carbons (Fsp3) is 0.250. The lowest BCUT2D eigenvalue weighted by Gasteiger charge is -2.14. The zero-order chi connectivity index (χ0) is 10.0. The molecule has 5 heteroatoms. The molecule has 1 aromatic carbocycles. The maximum atomic E-state index is 13.0. The Kier molecular flexibility index (Phi) is 3.50. The predicted molar refractivity (Wildman–Crippen MR) is 52.2 cm³/mol. The zero-order valence-corrected chi connectivity index (χ0v) is 8.46. The molecule has 2 nitrogen and oxygen atoms in total. The minimum Gasteiger partial charge on any atom is -0.271 e. The maximum absolute atomic E-state index is 13.0. The second-order valence-electron chi connectivity index (χ2n) is 2.65. The van der Waals surface area contributed by atoms with Gasteiger partial charge in [-0.05, 0) is 19.1 Å². The molecular weight excluding hydrogens is 214 g/mol. The van der Waals surface area contributed by atoms with E-state index in [4.69, 9.17) is 29.0 Å². The lowest BCUT2D eigenvalue weighted by Crippen LogP contribution is -2.26. The van der Waals surface area contributed by atoms with E-state index in [0.717, 1.165) is 0 Å². The Labute approximate surface area is 85.8 Å². The van der Waals surface area contributed by atoms with Gasteiger partial charge in [0.25, 0.3) is 0 Å². The van der Waals surface area contributed by atoms with Crippen molar-refractivity contribution < 1.29 is 4.39 Å². The maximum Gasteiger partial charge on any atom is 0.142 e. The molecule has 1 rings (SSSR count). The molecule has 0 unspecified atom stereocenters. The Morgan fingerprint density at radius 2 is 2.08 bits per heavy atom. The molecule has 0 fully saturated rings. The molecule has 0 bridgehead atoms. The molecule has 72 valence electrons. The van der Waals surface area contributed by atoms with Crippen molar-refractivity contribution in [3.63, 3.8) is 0 Å². The number of rotatable bonds is 2. The van der Waals surface area contributed by atoms with Crippen LogP contribution in [0.15, 0.2) is 12.1 Å². The van der Waals surface area contributed by atoms with E-state index in [-0.39, 0.29) is 11.1 Å². The standard InChI is InChI=1S/C8H9Cl2FN2/c1-4(13-12)7-5(9)2-3-6(11)8(7)10/h2-4,13H,12H2,1H3/t4-/m0/s1. The lowest BCUT2D eigenvalue weighted by atomic mass is 10.1. The van der Waals surface area contributed by atoms with Crippen LogP contribution < -0.4 is 11.3 Å². The molecule has 0 aliphatic heterocycles. The first-order valence-electron chi connectivity index (χ1n) is 3.67. The molecule has 1 atom stereocenters. The molecule has 1 aromatic rings. The molecule has 0 aliphatic rings.